The van der Waals surface area contributed by atoms with Crippen molar-refractivity contribution in [1.82, 2.24) is 14.7 Å². The first-order chi connectivity index (χ1) is 13.4. The summed E-state index contributed by atoms with van der Waals surface area (Å²) in [6.07, 6.45) is 0.404. The summed E-state index contributed by atoms with van der Waals surface area (Å²) in [6.45, 7) is 0. The second-order valence-corrected chi connectivity index (χ2v) is 9.15. The molecule has 0 N–H and O–H groups in total. The standard InChI is InChI=1S/C20H19N3O4S/c1-22(15-11-12-28(26,27)13-15)20(25)18-16-9-5-6-10-17(16)19(24)23(21-18)14-7-3-2-4-8-14/h2-10,15H,11-13H2,1H3. The minimum atomic E-state index is -3.13. The van der Waals surface area contributed by atoms with Gasteiger partial charge in [0.2, 0.25) is 0 Å². The summed E-state index contributed by atoms with van der Waals surface area (Å²) in [5, 5.41) is 5.21. The Balaban J connectivity index is 1.85. The van der Waals surface area contributed by atoms with Crippen LogP contribution in [0.4, 0.5) is 0 Å². The van der Waals surface area contributed by atoms with E-state index in [1.807, 2.05) is 6.07 Å². The van der Waals surface area contributed by atoms with Gasteiger partial charge in [-0.25, -0.2) is 8.42 Å². The second kappa shape index (κ2) is 6.87. The van der Waals surface area contributed by atoms with Gasteiger partial charge < -0.3 is 4.90 Å². The molecule has 4 rings (SSSR count). The van der Waals surface area contributed by atoms with Crippen LogP contribution in [0.2, 0.25) is 0 Å². The predicted octanol–water partition coefficient (Wildman–Crippen LogP) is 1.64. The summed E-state index contributed by atoms with van der Waals surface area (Å²) >= 11 is 0. The van der Waals surface area contributed by atoms with E-state index >= 15 is 0 Å². The Labute approximate surface area is 162 Å². The fourth-order valence-electron chi connectivity index (χ4n) is 3.51. The lowest BCUT2D eigenvalue weighted by molar-refractivity contribution is 0.0742. The van der Waals surface area contributed by atoms with Crippen LogP contribution in [0.5, 0.6) is 0 Å². The largest absolute Gasteiger partial charge is 0.336 e. The third kappa shape index (κ3) is 3.20. The van der Waals surface area contributed by atoms with Crippen LogP contribution < -0.4 is 5.56 Å². The van der Waals surface area contributed by atoms with E-state index in [2.05, 4.69) is 5.10 Å². The fraction of sp³-hybridized carbons (Fsp3) is 0.250. The van der Waals surface area contributed by atoms with Crippen LogP contribution in [0, 0.1) is 0 Å². The molecule has 1 aromatic heterocycles. The number of hydrogen-bond acceptors (Lipinski definition) is 5. The number of aromatic nitrogens is 2. The molecule has 0 aliphatic carbocycles. The minimum absolute atomic E-state index is 0.0501. The van der Waals surface area contributed by atoms with Crippen molar-refractivity contribution in [3.8, 4) is 5.69 Å². The molecule has 144 valence electrons. The van der Waals surface area contributed by atoms with Gasteiger partial charge in [0.25, 0.3) is 11.5 Å². The molecule has 7 nitrogen and oxygen atoms in total. The topological polar surface area (TPSA) is 89.3 Å². The molecule has 2 aromatic carbocycles. The zero-order valence-corrected chi connectivity index (χ0v) is 16.1. The Bertz CT molecular complexity index is 1220. The van der Waals surface area contributed by atoms with Crippen molar-refractivity contribution in [2.75, 3.05) is 18.6 Å². The molecule has 28 heavy (non-hydrogen) atoms. The molecule has 1 aliphatic rings. The molecular weight excluding hydrogens is 378 g/mol. The van der Waals surface area contributed by atoms with Gasteiger partial charge in [0, 0.05) is 18.5 Å². The molecule has 0 saturated carbocycles. The lowest BCUT2D eigenvalue weighted by atomic mass is 10.1. The molecule has 0 bridgehead atoms. The number of sulfone groups is 1. The number of para-hydroxylation sites is 1. The van der Waals surface area contributed by atoms with Gasteiger partial charge in [0.15, 0.2) is 15.5 Å². The van der Waals surface area contributed by atoms with Crippen molar-refractivity contribution in [3.05, 3.63) is 70.6 Å². The van der Waals surface area contributed by atoms with Gasteiger partial charge in [-0.3, -0.25) is 9.59 Å². The Morgan fingerprint density at radius 3 is 2.36 bits per heavy atom. The molecule has 2 heterocycles. The normalized spacial score (nSPS) is 18.2. The van der Waals surface area contributed by atoms with Gasteiger partial charge in [0.1, 0.15) is 0 Å². The average molecular weight is 397 g/mol. The maximum atomic E-state index is 13.2. The third-order valence-electron chi connectivity index (χ3n) is 5.08. The van der Waals surface area contributed by atoms with E-state index in [1.165, 1.54) is 9.58 Å². The number of nitrogens with zero attached hydrogens (tertiary/aromatic N) is 3. The molecule has 8 heteroatoms. The van der Waals surface area contributed by atoms with E-state index in [0.717, 1.165) is 0 Å². The number of carbonyl (C=O) groups excluding carboxylic acids is 1. The highest BCUT2D eigenvalue weighted by molar-refractivity contribution is 7.91. The van der Waals surface area contributed by atoms with Gasteiger partial charge in [-0.1, -0.05) is 36.4 Å². The highest BCUT2D eigenvalue weighted by Crippen LogP contribution is 2.21. The summed E-state index contributed by atoms with van der Waals surface area (Å²) in [6, 6.07) is 15.3. The number of hydrogen-bond donors (Lipinski definition) is 0. The zero-order valence-electron chi connectivity index (χ0n) is 15.3. The molecule has 0 radical (unpaired) electrons. The summed E-state index contributed by atoms with van der Waals surface area (Å²) in [5.74, 6) is -0.374. The first-order valence-electron chi connectivity index (χ1n) is 8.92. The lowest BCUT2D eigenvalue weighted by Gasteiger charge is -2.23. The van der Waals surface area contributed by atoms with E-state index in [4.69, 9.17) is 0 Å². The van der Waals surface area contributed by atoms with E-state index in [1.54, 1.807) is 55.6 Å². The van der Waals surface area contributed by atoms with Crippen molar-refractivity contribution in [3.63, 3.8) is 0 Å². The van der Waals surface area contributed by atoms with Crippen LogP contribution in [-0.4, -0.2) is 53.6 Å². The van der Waals surface area contributed by atoms with Gasteiger partial charge in [-0.05, 0) is 24.6 Å². The number of fused-ring (bicyclic) bond motifs is 1. The maximum absolute atomic E-state index is 13.2. The quantitative estimate of drug-likeness (QED) is 0.670. The maximum Gasteiger partial charge on any atom is 0.279 e. The minimum Gasteiger partial charge on any atom is -0.336 e. The molecule has 1 aliphatic heterocycles. The van der Waals surface area contributed by atoms with Gasteiger partial charge in [-0.15, -0.1) is 0 Å². The predicted molar refractivity (Wildman–Crippen MR) is 106 cm³/mol. The van der Waals surface area contributed by atoms with Crippen LogP contribution in [0.25, 0.3) is 16.5 Å². The monoisotopic (exact) mass is 397 g/mol. The first kappa shape index (κ1) is 18.4. The molecule has 0 spiro atoms. The molecule has 1 fully saturated rings. The average Bonchev–Trinajstić information content (AvgIpc) is 3.08. The van der Waals surface area contributed by atoms with Crippen molar-refractivity contribution < 1.29 is 13.2 Å². The lowest BCUT2D eigenvalue weighted by Crippen LogP contribution is -2.39. The summed E-state index contributed by atoms with van der Waals surface area (Å²) in [7, 11) is -1.54. The highest BCUT2D eigenvalue weighted by Gasteiger charge is 2.34. The first-order valence-corrected chi connectivity index (χ1v) is 10.7. The van der Waals surface area contributed by atoms with Crippen molar-refractivity contribution in [2.45, 2.75) is 12.5 Å². The van der Waals surface area contributed by atoms with Crippen LogP contribution >= 0.6 is 0 Å². The number of carbonyl (C=O) groups is 1. The van der Waals surface area contributed by atoms with Crippen LogP contribution in [0.15, 0.2) is 59.4 Å². The molecule has 1 unspecified atom stereocenters. The van der Waals surface area contributed by atoms with Crippen LogP contribution in [0.3, 0.4) is 0 Å². The number of amides is 1. The van der Waals surface area contributed by atoms with Gasteiger partial charge >= 0.3 is 0 Å². The van der Waals surface area contributed by atoms with E-state index in [0.29, 0.717) is 22.9 Å². The van der Waals surface area contributed by atoms with Gasteiger partial charge in [0.05, 0.1) is 22.6 Å². The van der Waals surface area contributed by atoms with Gasteiger partial charge in [-0.2, -0.15) is 9.78 Å². The fourth-order valence-corrected chi connectivity index (χ4v) is 5.28. The Morgan fingerprint density at radius 1 is 1.07 bits per heavy atom. The summed E-state index contributed by atoms with van der Waals surface area (Å²) < 4.78 is 24.8. The SMILES string of the molecule is CN(C(=O)c1nn(-c2ccccc2)c(=O)c2ccccc12)C1CCS(=O)(=O)C1. The molecule has 3 aromatic rings. The molecule has 1 amide bonds. The van der Waals surface area contributed by atoms with Crippen LogP contribution in [-0.2, 0) is 9.84 Å². The number of rotatable bonds is 3. The Kier molecular flexibility index (Phi) is 4.50. The summed E-state index contributed by atoms with van der Waals surface area (Å²) in [5.41, 5.74) is 0.369. The van der Waals surface area contributed by atoms with Crippen LogP contribution in [0.1, 0.15) is 16.9 Å². The van der Waals surface area contributed by atoms with E-state index < -0.39 is 21.8 Å². The van der Waals surface area contributed by atoms with E-state index in [9.17, 15) is 18.0 Å². The Morgan fingerprint density at radius 2 is 1.71 bits per heavy atom. The smallest absolute Gasteiger partial charge is 0.279 e. The Hall–Kier alpha value is -3.00. The highest BCUT2D eigenvalue weighted by atomic mass is 32.2. The van der Waals surface area contributed by atoms with Crippen molar-refractivity contribution in [2.24, 2.45) is 0 Å². The zero-order chi connectivity index (χ0) is 19.9. The number of benzene rings is 2. The summed E-state index contributed by atoms with van der Waals surface area (Å²) in [4.78, 5) is 27.5. The van der Waals surface area contributed by atoms with Crippen molar-refractivity contribution in [1.29, 1.82) is 0 Å². The van der Waals surface area contributed by atoms with Crippen molar-refractivity contribution >= 4 is 26.5 Å². The molecule has 1 atom stereocenters. The molecule has 1 saturated heterocycles. The second-order valence-electron chi connectivity index (χ2n) is 6.92. The molecular formula is C20H19N3O4S. The van der Waals surface area contributed by atoms with E-state index in [-0.39, 0.29) is 22.8 Å². The third-order valence-corrected chi connectivity index (χ3v) is 6.84.